The molecular weight excluding hydrogens is 244 g/mol. The summed E-state index contributed by atoms with van der Waals surface area (Å²) < 4.78 is 5.31. The van der Waals surface area contributed by atoms with E-state index in [1.54, 1.807) is 0 Å². The van der Waals surface area contributed by atoms with Gasteiger partial charge in [-0.05, 0) is 20.8 Å². The Morgan fingerprint density at radius 2 is 1.72 bits per heavy atom. The van der Waals surface area contributed by atoms with Crippen LogP contribution in [-0.2, 0) is 4.74 Å². The van der Waals surface area contributed by atoms with Gasteiger partial charge in [0.15, 0.2) is 0 Å². The van der Waals surface area contributed by atoms with Crippen molar-refractivity contribution >= 4 is 14.2 Å². The number of carbonyl (C=O) groups is 1. The summed E-state index contributed by atoms with van der Waals surface area (Å²) in [5.74, 6) is 0. The molecule has 0 heterocycles. The fourth-order valence-electron chi connectivity index (χ4n) is 1.38. The zero-order chi connectivity index (χ0) is 14.6. The number of alkyl carbamates (subject to hydrolysis) is 1. The lowest BCUT2D eigenvalue weighted by atomic mass is 10.2. The van der Waals surface area contributed by atoms with Crippen molar-refractivity contribution in [2.45, 2.75) is 71.6 Å². The van der Waals surface area contributed by atoms with Gasteiger partial charge in [-0.2, -0.15) is 0 Å². The Morgan fingerprint density at radius 1 is 1.22 bits per heavy atom. The van der Waals surface area contributed by atoms with Crippen LogP contribution in [0.15, 0.2) is 0 Å². The molecule has 0 bridgehead atoms. The van der Waals surface area contributed by atoms with Crippen molar-refractivity contribution in [1.29, 1.82) is 0 Å². The summed E-state index contributed by atoms with van der Waals surface area (Å²) in [6, 6.07) is 0.421. The van der Waals surface area contributed by atoms with E-state index in [9.17, 15) is 4.79 Å². The molecule has 5 heteroatoms. The fraction of sp³-hybridized carbons (Fsp3) is 0.923. The molecule has 0 aliphatic rings. The lowest BCUT2D eigenvalue weighted by molar-refractivity contribution is 0.0517. The Kier molecular flexibility index (Phi) is 6.36. The van der Waals surface area contributed by atoms with Gasteiger partial charge < -0.3 is 15.4 Å². The molecule has 0 aromatic heterocycles. The van der Waals surface area contributed by atoms with E-state index in [2.05, 4.69) is 44.1 Å². The summed E-state index contributed by atoms with van der Waals surface area (Å²) in [5.41, 5.74) is -0.269. The van der Waals surface area contributed by atoms with Crippen LogP contribution in [0.4, 0.5) is 4.79 Å². The lowest BCUT2D eigenvalue weighted by Crippen LogP contribution is -2.57. The van der Waals surface area contributed by atoms with E-state index in [0.717, 1.165) is 6.54 Å². The molecule has 0 saturated heterocycles. The molecule has 2 N–H and O–H groups in total. The Labute approximate surface area is 113 Å². The van der Waals surface area contributed by atoms with Gasteiger partial charge in [0.2, 0.25) is 0 Å². The zero-order valence-corrected chi connectivity index (χ0v) is 14.2. The van der Waals surface area contributed by atoms with Gasteiger partial charge in [-0.25, -0.2) is 4.79 Å². The van der Waals surface area contributed by atoms with E-state index in [-0.39, 0.29) is 11.8 Å². The van der Waals surface area contributed by atoms with Crippen LogP contribution in [0, 0.1) is 0 Å². The predicted octanol–water partition coefficient (Wildman–Crippen LogP) is 2.76. The van der Waals surface area contributed by atoms with Gasteiger partial charge in [-0.15, -0.1) is 0 Å². The van der Waals surface area contributed by atoms with Crippen LogP contribution >= 0.6 is 0 Å². The first kappa shape index (κ1) is 17.4. The average molecular weight is 274 g/mol. The second kappa shape index (κ2) is 6.57. The molecule has 0 aliphatic heterocycles. The van der Waals surface area contributed by atoms with E-state index in [0.29, 0.717) is 6.04 Å². The fourth-order valence-corrected chi connectivity index (χ4v) is 2.66. The number of nitrogens with one attached hydrogen (secondary N) is 2. The Balaban J connectivity index is 4.46. The quantitative estimate of drug-likeness (QED) is 0.758. The van der Waals surface area contributed by atoms with Crippen molar-refractivity contribution in [3.8, 4) is 0 Å². The van der Waals surface area contributed by atoms with Crippen LogP contribution < -0.4 is 10.6 Å². The highest BCUT2D eigenvalue weighted by Crippen LogP contribution is 2.10. The predicted molar refractivity (Wildman–Crippen MR) is 79.6 cm³/mol. The smallest absolute Gasteiger partial charge is 0.407 e. The van der Waals surface area contributed by atoms with Gasteiger partial charge in [0.25, 0.3) is 0 Å². The van der Waals surface area contributed by atoms with Crippen LogP contribution in [0.25, 0.3) is 0 Å². The number of rotatable bonds is 5. The molecular formula is C13H30N2O2Si. The maximum absolute atomic E-state index is 11.8. The summed E-state index contributed by atoms with van der Waals surface area (Å²) in [5, 5.41) is 6.39. The highest BCUT2D eigenvalue weighted by atomic mass is 28.3. The Bertz CT molecular complexity index is 267. The highest BCUT2D eigenvalue weighted by molar-refractivity contribution is 6.77. The molecule has 0 saturated carbocycles. The number of hydrogen-bond donors (Lipinski definition) is 2. The minimum atomic E-state index is -1.47. The lowest BCUT2D eigenvalue weighted by Gasteiger charge is -2.31. The van der Waals surface area contributed by atoms with E-state index < -0.39 is 13.7 Å². The molecule has 108 valence electrons. The standard InChI is InChI=1S/C13H30N2O2Si/c1-10(2)14-9-11(18(6,7)8)15-12(16)17-13(3,4)5/h10-11,14H,9H2,1-8H3,(H,15,16)/t11-/m0/s1. The van der Waals surface area contributed by atoms with E-state index in [1.165, 1.54) is 0 Å². The molecule has 0 radical (unpaired) electrons. The van der Waals surface area contributed by atoms with Gasteiger partial charge >= 0.3 is 6.09 Å². The summed E-state index contributed by atoms with van der Waals surface area (Å²) in [6.07, 6.45) is -0.319. The zero-order valence-electron chi connectivity index (χ0n) is 13.2. The molecule has 0 aromatic rings. The number of ether oxygens (including phenoxy) is 1. The number of carbonyl (C=O) groups excluding carboxylic acids is 1. The van der Waals surface area contributed by atoms with Gasteiger partial charge in [-0.3, -0.25) is 0 Å². The third-order valence-corrected chi connectivity index (χ3v) is 4.91. The first-order valence-electron chi connectivity index (χ1n) is 6.64. The molecule has 0 aromatic carbocycles. The molecule has 0 rings (SSSR count). The van der Waals surface area contributed by atoms with Crippen LogP contribution in [-0.4, -0.2) is 38.0 Å². The normalized spacial score (nSPS) is 14.5. The SMILES string of the molecule is CC(C)NC[C@@H](NC(=O)OC(C)(C)C)[Si](C)(C)C. The summed E-state index contributed by atoms with van der Waals surface area (Å²) in [6.45, 7) is 17.4. The third-order valence-electron chi connectivity index (χ3n) is 2.47. The van der Waals surface area contributed by atoms with Crippen LogP contribution in [0.1, 0.15) is 34.6 Å². The van der Waals surface area contributed by atoms with Crippen molar-refractivity contribution in [3.05, 3.63) is 0 Å². The van der Waals surface area contributed by atoms with Crippen molar-refractivity contribution in [1.82, 2.24) is 10.6 Å². The first-order chi connectivity index (χ1) is 7.92. The molecule has 1 amide bonds. The average Bonchev–Trinajstić information content (AvgIpc) is 2.06. The molecule has 0 unspecified atom stereocenters. The third kappa shape index (κ3) is 8.52. The second-order valence-electron chi connectivity index (χ2n) is 7.13. The topological polar surface area (TPSA) is 50.4 Å². The van der Waals surface area contributed by atoms with E-state index in [1.807, 2.05) is 20.8 Å². The molecule has 0 fully saturated rings. The minimum absolute atomic E-state index is 0.176. The summed E-state index contributed by atoms with van der Waals surface area (Å²) >= 11 is 0. The van der Waals surface area contributed by atoms with Crippen molar-refractivity contribution in [3.63, 3.8) is 0 Å². The molecule has 0 aliphatic carbocycles. The monoisotopic (exact) mass is 274 g/mol. The number of hydrogen-bond acceptors (Lipinski definition) is 3. The van der Waals surface area contributed by atoms with Gasteiger partial charge in [0, 0.05) is 18.3 Å². The molecule has 1 atom stereocenters. The molecule has 18 heavy (non-hydrogen) atoms. The van der Waals surface area contributed by atoms with Crippen molar-refractivity contribution in [2.75, 3.05) is 6.54 Å². The van der Waals surface area contributed by atoms with Crippen LogP contribution in [0.3, 0.4) is 0 Å². The van der Waals surface area contributed by atoms with E-state index >= 15 is 0 Å². The van der Waals surface area contributed by atoms with Gasteiger partial charge in [0.1, 0.15) is 5.60 Å². The maximum atomic E-state index is 11.8. The molecule has 0 spiro atoms. The maximum Gasteiger partial charge on any atom is 0.407 e. The minimum Gasteiger partial charge on any atom is -0.444 e. The summed E-state index contributed by atoms with van der Waals surface area (Å²) in [7, 11) is -1.47. The largest absolute Gasteiger partial charge is 0.444 e. The summed E-state index contributed by atoms with van der Waals surface area (Å²) in [4.78, 5) is 11.8. The Morgan fingerprint density at radius 3 is 2.06 bits per heavy atom. The van der Waals surface area contributed by atoms with Crippen LogP contribution in [0.2, 0.25) is 19.6 Å². The number of amides is 1. The van der Waals surface area contributed by atoms with Gasteiger partial charge in [-0.1, -0.05) is 33.5 Å². The van der Waals surface area contributed by atoms with E-state index in [4.69, 9.17) is 4.74 Å². The first-order valence-corrected chi connectivity index (χ1v) is 10.2. The van der Waals surface area contributed by atoms with Crippen molar-refractivity contribution in [2.24, 2.45) is 0 Å². The Hall–Kier alpha value is -0.553. The second-order valence-corrected chi connectivity index (χ2v) is 12.6. The molecule has 4 nitrogen and oxygen atoms in total. The van der Waals surface area contributed by atoms with Gasteiger partial charge in [0.05, 0.1) is 8.07 Å². The van der Waals surface area contributed by atoms with Crippen molar-refractivity contribution < 1.29 is 9.53 Å². The highest BCUT2D eigenvalue weighted by Gasteiger charge is 2.29. The van der Waals surface area contributed by atoms with Crippen LogP contribution in [0.5, 0.6) is 0 Å².